The lowest BCUT2D eigenvalue weighted by Crippen LogP contribution is -2.39. The van der Waals surface area contributed by atoms with Gasteiger partial charge in [-0.05, 0) is 58.2 Å². The number of likely N-dealkylation sites (tertiary alicyclic amines) is 1. The Morgan fingerprint density at radius 2 is 2.06 bits per heavy atom. The number of hydrogen-bond acceptors (Lipinski definition) is 5. The summed E-state index contributed by atoms with van der Waals surface area (Å²) in [6.45, 7) is 9.03. The van der Waals surface area contributed by atoms with Crippen LogP contribution in [0, 0.1) is 0 Å². The van der Waals surface area contributed by atoms with Crippen molar-refractivity contribution in [1.82, 2.24) is 15.5 Å². The van der Waals surface area contributed by atoms with E-state index in [1.165, 1.54) is 18.4 Å². The van der Waals surface area contributed by atoms with Gasteiger partial charge in [0.05, 0.1) is 32.4 Å². The molecule has 2 aliphatic rings. The average molecular weight is 433 g/mol. The van der Waals surface area contributed by atoms with Crippen LogP contribution in [0.2, 0.25) is 0 Å². The highest BCUT2D eigenvalue weighted by molar-refractivity contribution is 5.79. The third-order valence-corrected chi connectivity index (χ3v) is 5.93. The van der Waals surface area contributed by atoms with Crippen LogP contribution in [0.15, 0.2) is 29.3 Å². The van der Waals surface area contributed by atoms with Crippen molar-refractivity contribution in [1.29, 1.82) is 0 Å². The number of rotatable bonds is 12. The summed E-state index contributed by atoms with van der Waals surface area (Å²) in [4.78, 5) is 7.46. The van der Waals surface area contributed by atoms with Crippen LogP contribution in [0.3, 0.4) is 0 Å². The summed E-state index contributed by atoms with van der Waals surface area (Å²) < 4.78 is 17.0. The number of nitrogens with one attached hydrogen (secondary N) is 2. The Kier molecular flexibility index (Phi) is 10.4. The number of ether oxygens (including phenoxy) is 3. The second-order valence-electron chi connectivity index (χ2n) is 8.21. The molecular formula is C24H40N4O3. The molecule has 2 N–H and O–H groups in total. The lowest BCUT2D eigenvalue weighted by molar-refractivity contribution is 0.0168. The van der Waals surface area contributed by atoms with Gasteiger partial charge in [0.15, 0.2) is 5.96 Å². The molecule has 7 nitrogen and oxygen atoms in total. The van der Waals surface area contributed by atoms with Gasteiger partial charge in [0, 0.05) is 31.9 Å². The maximum atomic E-state index is 5.76. The summed E-state index contributed by atoms with van der Waals surface area (Å²) in [5, 5.41) is 6.83. The Hall–Kier alpha value is -1.83. The molecule has 1 aromatic carbocycles. The van der Waals surface area contributed by atoms with E-state index in [0.29, 0.717) is 19.3 Å². The van der Waals surface area contributed by atoms with Gasteiger partial charge >= 0.3 is 0 Å². The van der Waals surface area contributed by atoms with Crippen molar-refractivity contribution in [2.24, 2.45) is 4.99 Å². The number of guanidine groups is 1. The fourth-order valence-corrected chi connectivity index (χ4v) is 4.30. The van der Waals surface area contributed by atoms with E-state index in [1.54, 1.807) is 7.11 Å². The zero-order valence-electron chi connectivity index (χ0n) is 19.3. The molecule has 1 aromatic rings. The molecule has 31 heavy (non-hydrogen) atoms. The Morgan fingerprint density at radius 1 is 1.23 bits per heavy atom. The molecule has 2 fully saturated rings. The minimum Gasteiger partial charge on any atom is -0.496 e. The molecule has 2 unspecified atom stereocenters. The minimum absolute atomic E-state index is 0.226. The standard InChI is InChI=1S/C24H40N4O3/c1-3-25-24(26-13-9-16-30-19-20-10-8-17-31-20)27-18-22(28-14-6-7-15-28)21-11-4-5-12-23(21)29-2/h4-5,11-12,20,22H,3,6-10,13-19H2,1-2H3,(H2,25,26,27). The second kappa shape index (κ2) is 13.6. The highest BCUT2D eigenvalue weighted by Crippen LogP contribution is 2.31. The van der Waals surface area contributed by atoms with Gasteiger partial charge in [-0.2, -0.15) is 0 Å². The number of methoxy groups -OCH3 is 1. The summed E-state index contributed by atoms with van der Waals surface area (Å²) in [5.41, 5.74) is 1.22. The highest BCUT2D eigenvalue weighted by Gasteiger charge is 2.25. The molecule has 7 heteroatoms. The number of para-hydroxylation sites is 1. The maximum Gasteiger partial charge on any atom is 0.191 e. The van der Waals surface area contributed by atoms with E-state index in [4.69, 9.17) is 19.2 Å². The van der Waals surface area contributed by atoms with E-state index in [9.17, 15) is 0 Å². The molecular weight excluding hydrogens is 392 g/mol. The smallest absolute Gasteiger partial charge is 0.191 e. The maximum absolute atomic E-state index is 5.76. The van der Waals surface area contributed by atoms with Gasteiger partial charge in [0.25, 0.3) is 0 Å². The monoisotopic (exact) mass is 432 g/mol. The van der Waals surface area contributed by atoms with Crippen molar-refractivity contribution in [3.63, 3.8) is 0 Å². The van der Waals surface area contributed by atoms with Crippen LogP contribution in [-0.2, 0) is 9.47 Å². The number of nitrogens with zero attached hydrogens (tertiary/aromatic N) is 2. The number of hydrogen-bond donors (Lipinski definition) is 2. The third-order valence-electron chi connectivity index (χ3n) is 5.93. The van der Waals surface area contributed by atoms with Crippen LogP contribution in [0.5, 0.6) is 5.75 Å². The van der Waals surface area contributed by atoms with Gasteiger partial charge in [-0.1, -0.05) is 18.2 Å². The van der Waals surface area contributed by atoms with Gasteiger partial charge in [0.1, 0.15) is 5.75 Å². The van der Waals surface area contributed by atoms with Crippen molar-refractivity contribution in [2.75, 3.05) is 59.7 Å². The molecule has 3 rings (SSSR count). The second-order valence-corrected chi connectivity index (χ2v) is 8.21. The summed E-state index contributed by atoms with van der Waals surface area (Å²) in [6, 6.07) is 8.55. The van der Waals surface area contributed by atoms with E-state index in [2.05, 4.69) is 34.6 Å². The fraction of sp³-hybridized carbons (Fsp3) is 0.708. The molecule has 0 aliphatic carbocycles. The quantitative estimate of drug-likeness (QED) is 0.301. The van der Waals surface area contributed by atoms with E-state index in [1.807, 2.05) is 12.1 Å². The van der Waals surface area contributed by atoms with Crippen LogP contribution >= 0.6 is 0 Å². The van der Waals surface area contributed by atoms with Gasteiger partial charge < -0.3 is 24.8 Å². The molecule has 0 spiro atoms. The van der Waals surface area contributed by atoms with Gasteiger partial charge in [-0.25, -0.2) is 0 Å². The molecule has 2 heterocycles. The van der Waals surface area contributed by atoms with Crippen LogP contribution in [0.4, 0.5) is 0 Å². The molecule has 174 valence electrons. The summed E-state index contributed by atoms with van der Waals surface area (Å²) in [6.07, 6.45) is 6.02. The van der Waals surface area contributed by atoms with Crippen molar-refractivity contribution in [3.8, 4) is 5.75 Å². The van der Waals surface area contributed by atoms with Crippen molar-refractivity contribution >= 4 is 5.96 Å². The third kappa shape index (κ3) is 7.66. The van der Waals surface area contributed by atoms with E-state index < -0.39 is 0 Å². The number of aliphatic imine (C=N–C) groups is 1. The fourth-order valence-electron chi connectivity index (χ4n) is 4.30. The first-order chi connectivity index (χ1) is 15.3. The molecule has 0 bridgehead atoms. The Balaban J connectivity index is 1.51. The summed E-state index contributed by atoms with van der Waals surface area (Å²) in [7, 11) is 1.75. The summed E-state index contributed by atoms with van der Waals surface area (Å²) >= 11 is 0. The predicted octanol–water partition coefficient (Wildman–Crippen LogP) is 2.97. The zero-order valence-corrected chi connectivity index (χ0v) is 19.3. The number of benzene rings is 1. The largest absolute Gasteiger partial charge is 0.496 e. The SMILES string of the molecule is CCNC(=NCC(c1ccccc1OC)N1CCCC1)NCCCOCC1CCCO1. The van der Waals surface area contributed by atoms with E-state index in [-0.39, 0.29) is 6.04 Å². The zero-order chi connectivity index (χ0) is 21.7. The van der Waals surface area contributed by atoms with E-state index >= 15 is 0 Å². The minimum atomic E-state index is 0.226. The summed E-state index contributed by atoms with van der Waals surface area (Å²) in [5.74, 6) is 1.80. The van der Waals surface area contributed by atoms with Gasteiger partial charge in [0.2, 0.25) is 0 Å². The molecule has 0 radical (unpaired) electrons. The van der Waals surface area contributed by atoms with Gasteiger partial charge in [-0.15, -0.1) is 0 Å². The van der Waals surface area contributed by atoms with Crippen molar-refractivity contribution in [2.45, 2.75) is 51.2 Å². The van der Waals surface area contributed by atoms with Crippen molar-refractivity contribution < 1.29 is 14.2 Å². The Morgan fingerprint density at radius 3 is 2.81 bits per heavy atom. The molecule has 0 saturated carbocycles. The molecule has 0 aromatic heterocycles. The van der Waals surface area contributed by atoms with Gasteiger partial charge in [-0.3, -0.25) is 9.89 Å². The Bertz CT molecular complexity index is 658. The van der Waals surface area contributed by atoms with Crippen LogP contribution < -0.4 is 15.4 Å². The Labute approximate surface area is 187 Å². The predicted molar refractivity (Wildman–Crippen MR) is 125 cm³/mol. The van der Waals surface area contributed by atoms with E-state index in [0.717, 1.165) is 70.4 Å². The topological polar surface area (TPSA) is 67.4 Å². The van der Waals surface area contributed by atoms with Crippen molar-refractivity contribution in [3.05, 3.63) is 29.8 Å². The lowest BCUT2D eigenvalue weighted by atomic mass is 10.0. The first kappa shape index (κ1) is 23.8. The van der Waals surface area contributed by atoms with Crippen LogP contribution in [0.1, 0.15) is 50.6 Å². The molecule has 2 atom stereocenters. The first-order valence-corrected chi connectivity index (χ1v) is 11.9. The lowest BCUT2D eigenvalue weighted by Gasteiger charge is -2.28. The average Bonchev–Trinajstić information content (AvgIpc) is 3.51. The van der Waals surface area contributed by atoms with Crippen LogP contribution in [0.25, 0.3) is 0 Å². The highest BCUT2D eigenvalue weighted by atomic mass is 16.5. The normalized spacial score (nSPS) is 20.7. The first-order valence-electron chi connectivity index (χ1n) is 11.9. The molecule has 2 aliphatic heterocycles. The molecule has 0 amide bonds. The molecule has 2 saturated heterocycles. The van der Waals surface area contributed by atoms with Crippen LogP contribution in [-0.4, -0.2) is 76.6 Å².